The number of hydrogen-bond acceptors (Lipinski definition) is 2. The van der Waals surface area contributed by atoms with Gasteiger partial charge in [0.1, 0.15) is 5.82 Å². The number of nitrogens with one attached hydrogen (secondary N) is 1. The van der Waals surface area contributed by atoms with Crippen molar-refractivity contribution in [3.63, 3.8) is 0 Å². The normalized spacial score (nSPS) is 12.0. The second kappa shape index (κ2) is 7.65. The molecule has 3 aromatic rings. The molecule has 3 rings (SSSR count). The zero-order valence-electron chi connectivity index (χ0n) is 12.8. The zero-order chi connectivity index (χ0) is 15.9. The third-order valence-corrected chi connectivity index (χ3v) is 3.85. The van der Waals surface area contributed by atoms with Crippen LogP contribution in [0.2, 0.25) is 0 Å². The minimum atomic E-state index is -0.146. The van der Waals surface area contributed by atoms with Gasteiger partial charge in [0.05, 0.1) is 6.04 Å². The van der Waals surface area contributed by atoms with Crippen LogP contribution in [0.5, 0.6) is 0 Å². The van der Waals surface area contributed by atoms with Crippen LogP contribution in [0, 0.1) is 5.82 Å². The fourth-order valence-electron chi connectivity index (χ4n) is 2.67. The van der Waals surface area contributed by atoms with Crippen molar-refractivity contribution in [1.29, 1.82) is 0 Å². The van der Waals surface area contributed by atoms with E-state index in [-0.39, 0.29) is 11.9 Å². The summed E-state index contributed by atoms with van der Waals surface area (Å²) >= 11 is 0. The Balaban J connectivity index is 1.74. The molecule has 0 aliphatic carbocycles. The first-order valence-electron chi connectivity index (χ1n) is 7.76. The number of hydrogen-bond donors (Lipinski definition) is 1. The lowest BCUT2D eigenvalue weighted by Gasteiger charge is -2.19. The molecule has 0 spiro atoms. The summed E-state index contributed by atoms with van der Waals surface area (Å²) in [4.78, 5) is 4.21. The summed E-state index contributed by atoms with van der Waals surface area (Å²) < 4.78 is 13.7. The summed E-state index contributed by atoms with van der Waals surface area (Å²) in [5.41, 5.74) is 3.01. The van der Waals surface area contributed by atoms with Crippen LogP contribution in [-0.2, 0) is 6.42 Å². The quantitative estimate of drug-likeness (QED) is 0.740. The van der Waals surface area contributed by atoms with Crippen molar-refractivity contribution in [1.82, 2.24) is 10.3 Å². The Labute approximate surface area is 136 Å². The monoisotopic (exact) mass is 306 g/mol. The van der Waals surface area contributed by atoms with Crippen molar-refractivity contribution in [2.45, 2.75) is 12.5 Å². The molecule has 23 heavy (non-hydrogen) atoms. The highest BCUT2D eigenvalue weighted by atomic mass is 19.1. The maximum atomic E-state index is 13.7. The van der Waals surface area contributed by atoms with Gasteiger partial charge in [0.2, 0.25) is 0 Å². The maximum Gasteiger partial charge on any atom is 0.126 e. The Kier molecular flexibility index (Phi) is 5.12. The molecule has 1 atom stereocenters. The first-order chi connectivity index (χ1) is 11.3. The van der Waals surface area contributed by atoms with Crippen LogP contribution in [0.4, 0.5) is 4.39 Å². The fourth-order valence-corrected chi connectivity index (χ4v) is 2.67. The van der Waals surface area contributed by atoms with Gasteiger partial charge in [-0.25, -0.2) is 4.39 Å². The van der Waals surface area contributed by atoms with Crippen LogP contribution in [0.15, 0.2) is 79.1 Å². The fraction of sp³-hybridized carbons (Fsp3) is 0.150. The van der Waals surface area contributed by atoms with Crippen LogP contribution in [0.3, 0.4) is 0 Å². The molecule has 0 bridgehead atoms. The maximum absolute atomic E-state index is 13.7. The third-order valence-electron chi connectivity index (χ3n) is 3.85. The van der Waals surface area contributed by atoms with E-state index < -0.39 is 0 Å². The molecule has 1 aromatic heterocycles. The number of nitrogens with zero attached hydrogens (tertiary/aromatic N) is 1. The smallest absolute Gasteiger partial charge is 0.126 e. The Morgan fingerprint density at radius 2 is 1.61 bits per heavy atom. The molecule has 0 saturated heterocycles. The first kappa shape index (κ1) is 15.4. The van der Waals surface area contributed by atoms with Crippen LogP contribution >= 0.6 is 0 Å². The Morgan fingerprint density at radius 3 is 2.35 bits per heavy atom. The van der Waals surface area contributed by atoms with Crippen LogP contribution in [0.1, 0.15) is 22.7 Å². The van der Waals surface area contributed by atoms with Crippen LogP contribution in [0.25, 0.3) is 0 Å². The van der Waals surface area contributed by atoms with Crippen molar-refractivity contribution < 1.29 is 4.39 Å². The van der Waals surface area contributed by atoms with E-state index in [1.807, 2.05) is 42.6 Å². The molecule has 2 aromatic carbocycles. The summed E-state index contributed by atoms with van der Waals surface area (Å²) in [6, 6.07) is 21.2. The molecule has 1 heterocycles. The predicted molar refractivity (Wildman–Crippen MR) is 90.6 cm³/mol. The number of rotatable bonds is 6. The highest BCUT2D eigenvalue weighted by molar-refractivity contribution is 5.30. The lowest BCUT2D eigenvalue weighted by atomic mass is 10.00. The zero-order valence-corrected chi connectivity index (χ0v) is 12.8. The summed E-state index contributed by atoms with van der Waals surface area (Å²) in [5, 5.41) is 3.52. The lowest BCUT2D eigenvalue weighted by molar-refractivity contribution is 0.576. The van der Waals surface area contributed by atoms with Gasteiger partial charge in [0.25, 0.3) is 0 Å². The minimum Gasteiger partial charge on any atom is -0.306 e. The molecule has 0 saturated carbocycles. The predicted octanol–water partition coefficient (Wildman–Crippen LogP) is 4.14. The third kappa shape index (κ3) is 4.02. The second-order valence-electron chi connectivity index (χ2n) is 5.43. The molecule has 0 amide bonds. The van der Waals surface area contributed by atoms with E-state index in [1.54, 1.807) is 12.3 Å². The van der Waals surface area contributed by atoms with Crippen LogP contribution in [-0.4, -0.2) is 11.5 Å². The topological polar surface area (TPSA) is 24.9 Å². The van der Waals surface area contributed by atoms with Gasteiger partial charge in [-0.1, -0.05) is 54.6 Å². The lowest BCUT2D eigenvalue weighted by Crippen LogP contribution is -2.25. The summed E-state index contributed by atoms with van der Waals surface area (Å²) in [5.74, 6) is -0.146. The van der Waals surface area contributed by atoms with E-state index in [4.69, 9.17) is 0 Å². The number of benzene rings is 2. The molecule has 0 aliphatic rings. The van der Waals surface area contributed by atoms with E-state index in [2.05, 4.69) is 28.5 Å². The molecule has 0 aliphatic heterocycles. The molecule has 2 nitrogen and oxygen atoms in total. The van der Waals surface area contributed by atoms with Crippen molar-refractivity contribution in [2.75, 3.05) is 6.54 Å². The minimum absolute atomic E-state index is 0.0525. The number of pyridine rings is 1. The van der Waals surface area contributed by atoms with Crippen molar-refractivity contribution >= 4 is 0 Å². The molecular weight excluding hydrogens is 287 g/mol. The SMILES string of the molecule is Fc1ccccc1CCNC(c1ccccc1)c1cccnc1. The summed E-state index contributed by atoms with van der Waals surface area (Å²) in [7, 11) is 0. The largest absolute Gasteiger partial charge is 0.306 e. The molecule has 0 radical (unpaired) electrons. The van der Waals surface area contributed by atoms with E-state index >= 15 is 0 Å². The molecule has 116 valence electrons. The van der Waals surface area contributed by atoms with Gasteiger partial charge in [0.15, 0.2) is 0 Å². The van der Waals surface area contributed by atoms with Gasteiger partial charge in [-0.2, -0.15) is 0 Å². The Bertz CT molecular complexity index is 689. The van der Waals surface area contributed by atoms with E-state index in [0.717, 1.165) is 11.1 Å². The Morgan fingerprint density at radius 1 is 0.870 bits per heavy atom. The van der Waals surface area contributed by atoms with Gasteiger partial charge in [-0.15, -0.1) is 0 Å². The van der Waals surface area contributed by atoms with Crippen molar-refractivity contribution in [2.24, 2.45) is 0 Å². The van der Waals surface area contributed by atoms with E-state index in [0.29, 0.717) is 13.0 Å². The van der Waals surface area contributed by atoms with Crippen molar-refractivity contribution in [3.8, 4) is 0 Å². The number of aromatic nitrogens is 1. The number of halogens is 1. The van der Waals surface area contributed by atoms with E-state index in [9.17, 15) is 4.39 Å². The van der Waals surface area contributed by atoms with Gasteiger partial charge in [-0.3, -0.25) is 4.98 Å². The summed E-state index contributed by atoms with van der Waals surface area (Å²) in [6.45, 7) is 0.690. The summed E-state index contributed by atoms with van der Waals surface area (Å²) in [6.07, 6.45) is 4.29. The average Bonchev–Trinajstić information content (AvgIpc) is 2.62. The Hall–Kier alpha value is -2.52. The van der Waals surface area contributed by atoms with E-state index in [1.165, 1.54) is 11.6 Å². The van der Waals surface area contributed by atoms with Gasteiger partial charge >= 0.3 is 0 Å². The van der Waals surface area contributed by atoms with Crippen LogP contribution < -0.4 is 5.32 Å². The molecular formula is C20H19FN2. The first-order valence-corrected chi connectivity index (χ1v) is 7.76. The van der Waals surface area contributed by atoms with Gasteiger partial charge in [-0.05, 0) is 35.2 Å². The average molecular weight is 306 g/mol. The van der Waals surface area contributed by atoms with Gasteiger partial charge < -0.3 is 5.32 Å². The molecule has 1 unspecified atom stereocenters. The highest BCUT2D eigenvalue weighted by Crippen LogP contribution is 2.21. The second-order valence-corrected chi connectivity index (χ2v) is 5.43. The molecule has 3 heteroatoms. The standard InChI is InChI=1S/C20H19FN2/c21-19-11-5-4-7-16(19)12-14-23-20(17-8-2-1-3-9-17)18-10-6-13-22-15-18/h1-11,13,15,20,23H,12,14H2. The van der Waals surface area contributed by atoms with Gasteiger partial charge in [0, 0.05) is 18.9 Å². The molecule has 1 N–H and O–H groups in total. The molecule has 0 fully saturated rings. The highest BCUT2D eigenvalue weighted by Gasteiger charge is 2.13. The van der Waals surface area contributed by atoms with Crippen molar-refractivity contribution in [3.05, 3.63) is 102 Å².